The van der Waals surface area contributed by atoms with Crippen molar-refractivity contribution < 1.29 is 9.18 Å². The number of halogens is 1. The van der Waals surface area contributed by atoms with Crippen molar-refractivity contribution in [1.82, 2.24) is 0 Å². The highest BCUT2D eigenvalue weighted by Gasteiger charge is 2.05. The van der Waals surface area contributed by atoms with Crippen LogP contribution in [0.2, 0.25) is 0 Å². The Balaban J connectivity index is 1.64. The lowest BCUT2D eigenvalue weighted by Gasteiger charge is -2.09. The zero-order valence-electron chi connectivity index (χ0n) is 13.2. The average Bonchev–Trinajstić information content (AvgIpc) is 2.59. The monoisotopic (exact) mass is 320 g/mol. The summed E-state index contributed by atoms with van der Waals surface area (Å²) >= 11 is 0. The number of aryl methyl sites for hydroxylation is 1. The van der Waals surface area contributed by atoms with Crippen molar-refractivity contribution in [3.05, 3.63) is 89.7 Å². The summed E-state index contributed by atoms with van der Waals surface area (Å²) in [5.74, 6) is -0.413. The summed E-state index contributed by atoms with van der Waals surface area (Å²) < 4.78 is 12.9. The van der Waals surface area contributed by atoms with Crippen LogP contribution in [0.1, 0.15) is 15.9 Å². The Hall–Kier alpha value is -3.14. The van der Waals surface area contributed by atoms with E-state index < -0.39 is 0 Å². The summed E-state index contributed by atoms with van der Waals surface area (Å²) in [6.45, 7) is 1.98. The number of carbonyl (C=O) groups is 1. The summed E-state index contributed by atoms with van der Waals surface area (Å²) in [5, 5.41) is 6.03. The van der Waals surface area contributed by atoms with Crippen molar-refractivity contribution in [3.8, 4) is 0 Å². The van der Waals surface area contributed by atoms with E-state index >= 15 is 0 Å². The first-order chi connectivity index (χ1) is 11.6. The highest BCUT2D eigenvalue weighted by Crippen LogP contribution is 2.19. The lowest BCUT2D eigenvalue weighted by Crippen LogP contribution is -2.11. The molecule has 0 atom stereocenters. The van der Waals surface area contributed by atoms with Gasteiger partial charge < -0.3 is 10.6 Å². The molecule has 3 aromatic carbocycles. The van der Waals surface area contributed by atoms with Gasteiger partial charge in [-0.15, -0.1) is 0 Å². The fraction of sp³-hybridized carbons (Fsp3) is 0.0500. The van der Waals surface area contributed by atoms with Gasteiger partial charge in [0, 0.05) is 22.6 Å². The van der Waals surface area contributed by atoms with Gasteiger partial charge >= 0.3 is 0 Å². The Morgan fingerprint density at radius 3 is 1.83 bits per heavy atom. The van der Waals surface area contributed by atoms with E-state index in [9.17, 15) is 9.18 Å². The van der Waals surface area contributed by atoms with Crippen molar-refractivity contribution in [3.63, 3.8) is 0 Å². The minimum absolute atomic E-state index is 0.144. The van der Waals surface area contributed by atoms with Crippen LogP contribution < -0.4 is 10.6 Å². The van der Waals surface area contributed by atoms with Gasteiger partial charge in [-0.3, -0.25) is 4.79 Å². The predicted molar refractivity (Wildman–Crippen MR) is 95.3 cm³/mol. The summed E-state index contributed by atoms with van der Waals surface area (Å²) in [5.41, 5.74) is 4.10. The molecule has 0 bridgehead atoms. The second-order valence-corrected chi connectivity index (χ2v) is 5.53. The Morgan fingerprint density at radius 1 is 0.750 bits per heavy atom. The first kappa shape index (κ1) is 15.7. The number of rotatable bonds is 4. The van der Waals surface area contributed by atoms with Gasteiger partial charge in [-0.1, -0.05) is 17.7 Å². The molecular weight excluding hydrogens is 303 g/mol. The van der Waals surface area contributed by atoms with Crippen molar-refractivity contribution in [2.75, 3.05) is 10.6 Å². The number of carbonyl (C=O) groups excluding carboxylic acids is 1. The van der Waals surface area contributed by atoms with E-state index in [1.165, 1.54) is 12.1 Å². The van der Waals surface area contributed by atoms with Crippen LogP contribution in [0, 0.1) is 12.7 Å². The van der Waals surface area contributed by atoms with Crippen LogP contribution in [0.15, 0.2) is 72.8 Å². The van der Waals surface area contributed by atoms with Gasteiger partial charge in [-0.2, -0.15) is 0 Å². The molecule has 0 saturated heterocycles. The number of hydrogen-bond donors (Lipinski definition) is 2. The molecule has 3 rings (SSSR count). The fourth-order valence-electron chi connectivity index (χ4n) is 2.24. The van der Waals surface area contributed by atoms with Gasteiger partial charge in [0.2, 0.25) is 0 Å². The maximum absolute atomic E-state index is 12.9. The SMILES string of the molecule is Cc1ccc(C(=O)Nc2ccc(Nc3ccc(F)cc3)cc2)cc1. The molecule has 0 aliphatic rings. The third kappa shape index (κ3) is 3.98. The number of nitrogens with one attached hydrogen (secondary N) is 2. The van der Waals surface area contributed by atoms with Crippen LogP contribution in [0.5, 0.6) is 0 Å². The summed E-state index contributed by atoms with van der Waals surface area (Å²) in [4.78, 5) is 12.2. The summed E-state index contributed by atoms with van der Waals surface area (Å²) in [6.07, 6.45) is 0. The van der Waals surface area contributed by atoms with E-state index in [4.69, 9.17) is 0 Å². The van der Waals surface area contributed by atoms with Crippen molar-refractivity contribution in [2.24, 2.45) is 0 Å². The standard InChI is InChI=1S/C20H17FN2O/c1-14-2-4-15(5-3-14)20(24)23-19-12-10-18(11-13-19)22-17-8-6-16(21)7-9-17/h2-13,22H,1H3,(H,23,24). The third-order valence-electron chi connectivity index (χ3n) is 3.59. The van der Waals surface area contributed by atoms with Crippen LogP contribution >= 0.6 is 0 Å². The third-order valence-corrected chi connectivity index (χ3v) is 3.59. The highest BCUT2D eigenvalue weighted by molar-refractivity contribution is 6.04. The van der Waals surface area contributed by atoms with Crippen LogP contribution in [0.25, 0.3) is 0 Å². The van der Waals surface area contributed by atoms with Crippen LogP contribution in [-0.4, -0.2) is 5.91 Å². The smallest absolute Gasteiger partial charge is 0.255 e. The van der Waals surface area contributed by atoms with E-state index in [1.807, 2.05) is 43.3 Å². The molecule has 2 N–H and O–H groups in total. The normalized spacial score (nSPS) is 10.2. The lowest BCUT2D eigenvalue weighted by molar-refractivity contribution is 0.102. The lowest BCUT2D eigenvalue weighted by atomic mass is 10.1. The zero-order chi connectivity index (χ0) is 16.9. The predicted octanol–water partition coefficient (Wildman–Crippen LogP) is 5.13. The van der Waals surface area contributed by atoms with Gasteiger partial charge in [0.05, 0.1) is 0 Å². The van der Waals surface area contributed by atoms with Gasteiger partial charge in [-0.05, 0) is 67.6 Å². The molecule has 0 aliphatic heterocycles. The second kappa shape index (κ2) is 6.96. The van der Waals surface area contributed by atoms with Crippen molar-refractivity contribution in [2.45, 2.75) is 6.92 Å². The van der Waals surface area contributed by atoms with E-state index in [-0.39, 0.29) is 11.7 Å². The van der Waals surface area contributed by atoms with Crippen molar-refractivity contribution >= 4 is 23.0 Å². The minimum atomic E-state index is -0.269. The first-order valence-electron chi connectivity index (χ1n) is 7.61. The molecule has 0 saturated carbocycles. The Kier molecular flexibility index (Phi) is 4.57. The van der Waals surface area contributed by atoms with Gasteiger partial charge in [0.15, 0.2) is 0 Å². The molecule has 3 aromatic rings. The molecule has 0 heterocycles. The molecule has 0 radical (unpaired) electrons. The van der Waals surface area contributed by atoms with Gasteiger partial charge in [0.1, 0.15) is 5.82 Å². The topological polar surface area (TPSA) is 41.1 Å². The maximum Gasteiger partial charge on any atom is 0.255 e. The van der Waals surface area contributed by atoms with Crippen LogP contribution in [0.4, 0.5) is 21.5 Å². The highest BCUT2D eigenvalue weighted by atomic mass is 19.1. The van der Waals surface area contributed by atoms with Crippen molar-refractivity contribution in [1.29, 1.82) is 0 Å². The Bertz CT molecular complexity index is 825. The van der Waals surface area contributed by atoms with E-state index in [1.54, 1.807) is 24.3 Å². The molecule has 1 amide bonds. The summed E-state index contributed by atoms with van der Waals surface area (Å²) in [7, 11) is 0. The van der Waals surface area contributed by atoms with Gasteiger partial charge in [0.25, 0.3) is 5.91 Å². The van der Waals surface area contributed by atoms with Crippen LogP contribution in [-0.2, 0) is 0 Å². The Labute approximate surface area is 140 Å². The number of hydrogen-bond acceptors (Lipinski definition) is 2. The van der Waals surface area contributed by atoms with E-state index in [0.717, 1.165) is 16.9 Å². The maximum atomic E-state index is 12.9. The number of amides is 1. The summed E-state index contributed by atoms with van der Waals surface area (Å²) in [6, 6.07) is 20.9. The molecule has 0 unspecified atom stereocenters. The molecule has 0 spiro atoms. The fourth-order valence-corrected chi connectivity index (χ4v) is 2.24. The molecular formula is C20H17FN2O. The molecule has 0 aliphatic carbocycles. The molecule has 3 nitrogen and oxygen atoms in total. The van der Waals surface area contributed by atoms with Crippen LogP contribution in [0.3, 0.4) is 0 Å². The second-order valence-electron chi connectivity index (χ2n) is 5.53. The largest absolute Gasteiger partial charge is 0.356 e. The minimum Gasteiger partial charge on any atom is -0.356 e. The van der Waals surface area contributed by atoms with E-state index in [0.29, 0.717) is 11.3 Å². The number of benzene rings is 3. The van der Waals surface area contributed by atoms with E-state index in [2.05, 4.69) is 10.6 Å². The molecule has 0 fully saturated rings. The van der Waals surface area contributed by atoms with Gasteiger partial charge in [-0.25, -0.2) is 4.39 Å². The molecule has 0 aromatic heterocycles. The number of anilines is 3. The first-order valence-corrected chi connectivity index (χ1v) is 7.61. The Morgan fingerprint density at radius 2 is 1.25 bits per heavy atom. The quantitative estimate of drug-likeness (QED) is 0.699. The average molecular weight is 320 g/mol. The zero-order valence-corrected chi connectivity index (χ0v) is 13.2. The molecule has 120 valence electrons. The molecule has 24 heavy (non-hydrogen) atoms. The molecule has 4 heteroatoms.